The summed E-state index contributed by atoms with van der Waals surface area (Å²) in [6.45, 7) is 13.8. The number of rotatable bonds is 6. The highest BCUT2D eigenvalue weighted by Gasteiger charge is 2.33. The van der Waals surface area contributed by atoms with Gasteiger partial charge in [0.1, 0.15) is 0 Å². The van der Waals surface area contributed by atoms with Crippen LogP contribution >= 0.6 is 0 Å². The van der Waals surface area contributed by atoms with Crippen LogP contribution in [-0.2, 0) is 24.3 Å². The molecule has 4 rings (SSSR count). The van der Waals surface area contributed by atoms with E-state index in [1.807, 2.05) is 0 Å². The second-order valence-electron chi connectivity index (χ2n) is 11.3. The van der Waals surface area contributed by atoms with E-state index in [1.165, 1.54) is 55.2 Å². The van der Waals surface area contributed by atoms with Gasteiger partial charge in [0.15, 0.2) is 0 Å². The standard InChI is InChI=1S/C27H41N3O/c1-19-9-12-25(26(31)29-19)30-17-22-11-10-20(16-23(22)18-30)15-21-7-5-6-8-24(21)28-14-13-27(2,3)4/h10-11,16,21,24-25,28H,1,5-9,12-15,17-18H2,2-4H3,(H,29,31)/t21-,24+,25?/m1/s1. The summed E-state index contributed by atoms with van der Waals surface area (Å²) in [5.74, 6) is 0.857. The minimum absolute atomic E-state index is 0.0175. The average molecular weight is 424 g/mol. The van der Waals surface area contributed by atoms with E-state index in [2.05, 4.69) is 61.1 Å². The molecule has 1 amide bonds. The molecule has 4 nitrogen and oxygen atoms in total. The summed E-state index contributed by atoms with van der Waals surface area (Å²) in [6, 6.07) is 7.72. The number of hydrogen-bond donors (Lipinski definition) is 2. The van der Waals surface area contributed by atoms with Crippen molar-refractivity contribution in [3.05, 3.63) is 47.2 Å². The molecule has 4 heteroatoms. The second-order valence-corrected chi connectivity index (χ2v) is 11.3. The van der Waals surface area contributed by atoms with Crippen LogP contribution in [0.4, 0.5) is 0 Å². The zero-order valence-electron chi connectivity index (χ0n) is 19.8. The lowest BCUT2D eigenvalue weighted by Gasteiger charge is -2.33. The van der Waals surface area contributed by atoms with Crippen molar-refractivity contribution in [3.8, 4) is 0 Å². The zero-order valence-corrected chi connectivity index (χ0v) is 19.8. The molecule has 170 valence electrons. The molecule has 0 spiro atoms. The minimum atomic E-state index is -0.0175. The molecule has 1 aromatic carbocycles. The van der Waals surface area contributed by atoms with E-state index in [1.54, 1.807) is 0 Å². The highest BCUT2D eigenvalue weighted by Crippen LogP contribution is 2.32. The third-order valence-corrected chi connectivity index (χ3v) is 7.47. The Morgan fingerprint density at radius 2 is 1.90 bits per heavy atom. The quantitative estimate of drug-likeness (QED) is 0.682. The monoisotopic (exact) mass is 423 g/mol. The van der Waals surface area contributed by atoms with Gasteiger partial charge in [-0.1, -0.05) is 58.4 Å². The van der Waals surface area contributed by atoms with E-state index in [0.29, 0.717) is 11.5 Å². The molecule has 1 saturated heterocycles. The van der Waals surface area contributed by atoms with Gasteiger partial charge in [0.05, 0.1) is 6.04 Å². The highest BCUT2D eigenvalue weighted by atomic mass is 16.2. The third kappa shape index (κ3) is 5.78. The summed E-state index contributed by atoms with van der Waals surface area (Å²) in [7, 11) is 0. The van der Waals surface area contributed by atoms with E-state index in [-0.39, 0.29) is 11.9 Å². The molecule has 0 bridgehead atoms. The first-order valence-corrected chi connectivity index (χ1v) is 12.4. The fraction of sp³-hybridized carbons (Fsp3) is 0.667. The third-order valence-electron chi connectivity index (χ3n) is 7.47. The first kappa shape index (κ1) is 22.5. The number of benzene rings is 1. The average Bonchev–Trinajstić information content (AvgIpc) is 3.11. The molecular weight excluding hydrogens is 382 g/mol. The van der Waals surface area contributed by atoms with Gasteiger partial charge in [-0.2, -0.15) is 0 Å². The van der Waals surface area contributed by atoms with Crippen molar-refractivity contribution in [2.75, 3.05) is 6.54 Å². The van der Waals surface area contributed by atoms with Gasteiger partial charge >= 0.3 is 0 Å². The fourth-order valence-corrected chi connectivity index (χ4v) is 5.59. The smallest absolute Gasteiger partial charge is 0.241 e. The van der Waals surface area contributed by atoms with Gasteiger partial charge in [-0.25, -0.2) is 0 Å². The Bertz CT molecular complexity index is 809. The summed E-state index contributed by atoms with van der Waals surface area (Å²) in [4.78, 5) is 14.8. The molecule has 1 aliphatic carbocycles. The van der Waals surface area contributed by atoms with E-state index >= 15 is 0 Å². The predicted octanol–water partition coefficient (Wildman–Crippen LogP) is 4.92. The minimum Gasteiger partial charge on any atom is -0.329 e. The molecule has 0 aromatic heterocycles. The number of nitrogens with one attached hydrogen (secondary N) is 2. The van der Waals surface area contributed by atoms with Crippen LogP contribution in [0.2, 0.25) is 0 Å². The Labute approximate surface area is 188 Å². The molecule has 3 atom stereocenters. The molecule has 1 unspecified atom stereocenters. The Balaban J connectivity index is 1.36. The second kappa shape index (κ2) is 9.46. The summed E-state index contributed by atoms with van der Waals surface area (Å²) in [5.41, 5.74) is 5.54. The molecule has 2 heterocycles. The van der Waals surface area contributed by atoms with Gasteiger partial charge in [-0.15, -0.1) is 0 Å². The lowest BCUT2D eigenvalue weighted by Crippen LogP contribution is -2.47. The number of amides is 1. The van der Waals surface area contributed by atoms with Gasteiger partial charge in [-0.05, 0) is 73.1 Å². The SMILES string of the molecule is C=C1CCC(N2Cc3ccc(C[C@H]4CCCC[C@@H]4NCCC(C)(C)C)cc3C2)C(=O)N1. The van der Waals surface area contributed by atoms with Crippen LogP contribution in [0.5, 0.6) is 0 Å². The molecule has 0 radical (unpaired) electrons. The van der Waals surface area contributed by atoms with E-state index in [0.717, 1.165) is 44.1 Å². The van der Waals surface area contributed by atoms with Gasteiger partial charge in [0, 0.05) is 24.8 Å². The fourth-order valence-electron chi connectivity index (χ4n) is 5.59. The molecule has 2 fully saturated rings. The number of nitrogens with zero attached hydrogens (tertiary/aromatic N) is 1. The summed E-state index contributed by atoms with van der Waals surface area (Å²) in [5, 5.41) is 6.85. The largest absolute Gasteiger partial charge is 0.329 e. The van der Waals surface area contributed by atoms with Crippen molar-refractivity contribution in [1.82, 2.24) is 15.5 Å². The van der Waals surface area contributed by atoms with Crippen molar-refractivity contribution in [2.45, 2.75) is 97.3 Å². The number of piperidine rings is 1. The van der Waals surface area contributed by atoms with Gasteiger partial charge in [-0.3, -0.25) is 9.69 Å². The molecule has 3 aliphatic rings. The number of allylic oxidation sites excluding steroid dienone is 1. The Morgan fingerprint density at radius 1 is 1.13 bits per heavy atom. The van der Waals surface area contributed by atoms with Crippen molar-refractivity contribution in [2.24, 2.45) is 11.3 Å². The predicted molar refractivity (Wildman–Crippen MR) is 128 cm³/mol. The lowest BCUT2D eigenvalue weighted by molar-refractivity contribution is -0.127. The number of fused-ring (bicyclic) bond motifs is 1. The van der Waals surface area contributed by atoms with Gasteiger partial charge in [0.2, 0.25) is 5.91 Å². The van der Waals surface area contributed by atoms with Crippen LogP contribution in [-0.4, -0.2) is 29.4 Å². The number of hydrogen-bond acceptors (Lipinski definition) is 3. The molecule has 1 aromatic rings. The number of carbonyl (C=O) groups excluding carboxylic acids is 1. The first-order valence-electron chi connectivity index (χ1n) is 12.4. The molecule has 2 N–H and O–H groups in total. The summed E-state index contributed by atoms with van der Waals surface area (Å²) in [6.07, 6.45) is 9.55. The van der Waals surface area contributed by atoms with Crippen molar-refractivity contribution < 1.29 is 4.79 Å². The number of carbonyl (C=O) groups is 1. The maximum atomic E-state index is 12.4. The van der Waals surface area contributed by atoms with Crippen molar-refractivity contribution in [1.29, 1.82) is 0 Å². The first-order chi connectivity index (χ1) is 14.8. The molecule has 2 aliphatic heterocycles. The Morgan fingerprint density at radius 3 is 2.68 bits per heavy atom. The summed E-state index contributed by atoms with van der Waals surface area (Å²) >= 11 is 0. The normalized spacial score (nSPS) is 27.3. The van der Waals surface area contributed by atoms with Crippen LogP contribution in [0.1, 0.15) is 82.4 Å². The van der Waals surface area contributed by atoms with Gasteiger partial charge < -0.3 is 10.6 Å². The summed E-state index contributed by atoms with van der Waals surface area (Å²) < 4.78 is 0. The molecule has 31 heavy (non-hydrogen) atoms. The van der Waals surface area contributed by atoms with Crippen LogP contribution in [0.3, 0.4) is 0 Å². The zero-order chi connectivity index (χ0) is 22.0. The highest BCUT2D eigenvalue weighted by molar-refractivity contribution is 5.84. The van der Waals surface area contributed by atoms with E-state index < -0.39 is 0 Å². The van der Waals surface area contributed by atoms with Crippen LogP contribution in [0.15, 0.2) is 30.5 Å². The topological polar surface area (TPSA) is 44.4 Å². The van der Waals surface area contributed by atoms with Crippen LogP contribution in [0.25, 0.3) is 0 Å². The maximum absolute atomic E-state index is 12.4. The van der Waals surface area contributed by atoms with Crippen molar-refractivity contribution in [3.63, 3.8) is 0 Å². The Hall–Kier alpha value is -1.65. The molecular formula is C27H41N3O. The Kier molecular flexibility index (Phi) is 6.88. The van der Waals surface area contributed by atoms with Crippen LogP contribution < -0.4 is 10.6 Å². The van der Waals surface area contributed by atoms with E-state index in [4.69, 9.17) is 0 Å². The van der Waals surface area contributed by atoms with Crippen molar-refractivity contribution >= 4 is 5.91 Å². The lowest BCUT2D eigenvalue weighted by atomic mass is 9.80. The van der Waals surface area contributed by atoms with Crippen LogP contribution in [0, 0.1) is 11.3 Å². The maximum Gasteiger partial charge on any atom is 0.241 e. The van der Waals surface area contributed by atoms with E-state index in [9.17, 15) is 4.79 Å². The molecule has 1 saturated carbocycles. The van der Waals surface area contributed by atoms with Gasteiger partial charge in [0.25, 0.3) is 0 Å².